The molecule has 1 heterocycles. The Bertz CT molecular complexity index is 341. The Morgan fingerprint density at radius 2 is 2.23 bits per heavy atom. The number of amides is 1. The topological polar surface area (TPSA) is 54.9 Å². The highest BCUT2D eigenvalue weighted by Crippen LogP contribution is 1.99. The van der Waals surface area contributed by atoms with Gasteiger partial charge >= 0.3 is 0 Å². The SMILES string of the molecule is C#CCNC(=O)c1cnc(Cl)nc1. The van der Waals surface area contributed by atoms with Crippen molar-refractivity contribution >= 4 is 17.5 Å². The summed E-state index contributed by atoms with van der Waals surface area (Å²) in [5, 5.41) is 2.58. The van der Waals surface area contributed by atoms with Crippen LogP contribution in [-0.2, 0) is 0 Å². The monoisotopic (exact) mass is 195 g/mol. The summed E-state index contributed by atoms with van der Waals surface area (Å²) in [7, 11) is 0. The van der Waals surface area contributed by atoms with E-state index in [0.717, 1.165) is 0 Å². The van der Waals surface area contributed by atoms with Crippen LogP contribution in [0.3, 0.4) is 0 Å². The van der Waals surface area contributed by atoms with Gasteiger partial charge in [-0.25, -0.2) is 9.97 Å². The zero-order valence-corrected chi connectivity index (χ0v) is 7.38. The highest BCUT2D eigenvalue weighted by molar-refractivity contribution is 6.28. The third kappa shape index (κ3) is 2.73. The fourth-order valence-corrected chi connectivity index (χ4v) is 0.760. The van der Waals surface area contributed by atoms with Gasteiger partial charge in [-0.1, -0.05) is 5.92 Å². The minimum atomic E-state index is -0.311. The van der Waals surface area contributed by atoms with E-state index in [1.54, 1.807) is 0 Å². The first kappa shape index (κ1) is 9.49. The lowest BCUT2D eigenvalue weighted by Gasteiger charge is -1.99. The molecule has 1 rings (SSSR count). The molecule has 66 valence electrons. The van der Waals surface area contributed by atoms with Crippen LogP contribution in [0, 0.1) is 12.3 Å². The molecule has 0 bridgehead atoms. The van der Waals surface area contributed by atoms with Gasteiger partial charge in [0.2, 0.25) is 5.28 Å². The number of rotatable bonds is 2. The molecule has 0 saturated heterocycles. The minimum Gasteiger partial charge on any atom is -0.341 e. The van der Waals surface area contributed by atoms with Gasteiger partial charge in [0.25, 0.3) is 5.91 Å². The van der Waals surface area contributed by atoms with Crippen LogP contribution < -0.4 is 5.32 Å². The van der Waals surface area contributed by atoms with Crippen molar-refractivity contribution in [1.82, 2.24) is 15.3 Å². The van der Waals surface area contributed by atoms with E-state index >= 15 is 0 Å². The average molecular weight is 196 g/mol. The van der Waals surface area contributed by atoms with Gasteiger partial charge in [-0.2, -0.15) is 0 Å². The first-order valence-corrected chi connectivity index (χ1v) is 3.81. The van der Waals surface area contributed by atoms with Gasteiger partial charge in [-0.15, -0.1) is 6.42 Å². The number of carbonyl (C=O) groups excluding carboxylic acids is 1. The van der Waals surface area contributed by atoms with Crippen LogP contribution in [-0.4, -0.2) is 22.4 Å². The highest BCUT2D eigenvalue weighted by atomic mass is 35.5. The number of carbonyl (C=O) groups is 1. The van der Waals surface area contributed by atoms with E-state index in [0.29, 0.717) is 5.56 Å². The van der Waals surface area contributed by atoms with Crippen LogP contribution in [0.1, 0.15) is 10.4 Å². The summed E-state index contributed by atoms with van der Waals surface area (Å²) in [6.07, 6.45) is 7.63. The second-order valence-electron chi connectivity index (χ2n) is 2.13. The quantitative estimate of drug-likeness (QED) is 0.552. The van der Waals surface area contributed by atoms with Gasteiger partial charge in [0.1, 0.15) is 0 Å². The van der Waals surface area contributed by atoms with Crippen molar-refractivity contribution in [3.05, 3.63) is 23.2 Å². The molecule has 1 aromatic heterocycles. The summed E-state index contributed by atoms with van der Waals surface area (Å²) < 4.78 is 0. The van der Waals surface area contributed by atoms with Crippen LogP contribution >= 0.6 is 11.6 Å². The summed E-state index contributed by atoms with van der Waals surface area (Å²) in [6.45, 7) is 0.182. The van der Waals surface area contributed by atoms with Crippen LogP contribution in [0.5, 0.6) is 0 Å². The largest absolute Gasteiger partial charge is 0.341 e. The molecule has 0 unspecified atom stereocenters. The molecule has 0 saturated carbocycles. The van der Waals surface area contributed by atoms with Crippen molar-refractivity contribution in [2.45, 2.75) is 0 Å². The van der Waals surface area contributed by atoms with Gasteiger partial charge in [-0.05, 0) is 11.6 Å². The number of terminal acetylenes is 1. The molecule has 0 aliphatic carbocycles. The van der Waals surface area contributed by atoms with E-state index in [2.05, 4.69) is 21.2 Å². The Balaban J connectivity index is 2.68. The second kappa shape index (κ2) is 4.43. The van der Waals surface area contributed by atoms with Crippen molar-refractivity contribution in [3.8, 4) is 12.3 Å². The lowest BCUT2D eigenvalue weighted by atomic mass is 10.3. The lowest BCUT2D eigenvalue weighted by molar-refractivity contribution is 0.0958. The van der Waals surface area contributed by atoms with E-state index in [9.17, 15) is 4.79 Å². The Labute approximate surface area is 80.3 Å². The van der Waals surface area contributed by atoms with Crippen molar-refractivity contribution < 1.29 is 4.79 Å². The smallest absolute Gasteiger partial charge is 0.255 e. The maximum Gasteiger partial charge on any atom is 0.255 e. The van der Waals surface area contributed by atoms with Crippen molar-refractivity contribution in [3.63, 3.8) is 0 Å². The van der Waals surface area contributed by atoms with Crippen LogP contribution in [0.15, 0.2) is 12.4 Å². The molecule has 13 heavy (non-hydrogen) atoms. The molecule has 5 heteroatoms. The molecular weight excluding hydrogens is 190 g/mol. The van der Waals surface area contributed by atoms with E-state index < -0.39 is 0 Å². The Hall–Kier alpha value is -1.60. The van der Waals surface area contributed by atoms with Gasteiger partial charge in [0, 0.05) is 12.4 Å². The second-order valence-corrected chi connectivity index (χ2v) is 2.47. The fourth-order valence-electron chi connectivity index (χ4n) is 0.663. The number of halogens is 1. The molecule has 1 amide bonds. The molecule has 0 spiro atoms. The van der Waals surface area contributed by atoms with Crippen LogP contribution in [0.4, 0.5) is 0 Å². The Morgan fingerprint density at radius 1 is 1.62 bits per heavy atom. The number of nitrogens with one attached hydrogen (secondary N) is 1. The lowest BCUT2D eigenvalue weighted by Crippen LogP contribution is -2.23. The predicted octanol–water partition coefficient (Wildman–Crippen LogP) is 0.493. The number of hydrogen-bond donors (Lipinski definition) is 1. The summed E-state index contributed by atoms with van der Waals surface area (Å²) in [5.41, 5.74) is 0.333. The maximum atomic E-state index is 11.2. The highest BCUT2D eigenvalue weighted by Gasteiger charge is 2.04. The standard InChI is InChI=1S/C8H6ClN3O/c1-2-3-10-7(13)6-4-11-8(9)12-5-6/h1,4-5H,3H2,(H,10,13). The Morgan fingerprint density at radius 3 is 2.77 bits per heavy atom. The van der Waals surface area contributed by atoms with Gasteiger partial charge in [0.15, 0.2) is 0 Å². The third-order valence-corrected chi connectivity index (χ3v) is 1.43. The van der Waals surface area contributed by atoms with Crippen LogP contribution in [0.25, 0.3) is 0 Å². The molecule has 1 N–H and O–H groups in total. The predicted molar refractivity (Wildman–Crippen MR) is 48.2 cm³/mol. The first-order chi connectivity index (χ1) is 6.24. The summed E-state index contributed by atoms with van der Waals surface area (Å²) in [6, 6.07) is 0. The first-order valence-electron chi connectivity index (χ1n) is 3.43. The molecule has 0 fully saturated rings. The van der Waals surface area contributed by atoms with Crippen molar-refractivity contribution in [2.24, 2.45) is 0 Å². The summed E-state index contributed by atoms with van der Waals surface area (Å²) in [4.78, 5) is 18.5. The van der Waals surface area contributed by atoms with Crippen LogP contribution in [0.2, 0.25) is 5.28 Å². The number of hydrogen-bond acceptors (Lipinski definition) is 3. The zero-order valence-electron chi connectivity index (χ0n) is 6.62. The summed E-state index contributed by atoms with van der Waals surface area (Å²) in [5.74, 6) is 1.97. The van der Waals surface area contributed by atoms with E-state index in [1.807, 2.05) is 0 Å². The average Bonchev–Trinajstić information content (AvgIpc) is 2.15. The van der Waals surface area contributed by atoms with E-state index in [-0.39, 0.29) is 17.7 Å². The minimum absolute atomic E-state index is 0.105. The van der Waals surface area contributed by atoms with Crippen molar-refractivity contribution in [2.75, 3.05) is 6.54 Å². The molecule has 0 aliphatic heterocycles. The third-order valence-electron chi connectivity index (χ3n) is 1.23. The van der Waals surface area contributed by atoms with Crippen molar-refractivity contribution in [1.29, 1.82) is 0 Å². The summed E-state index contributed by atoms with van der Waals surface area (Å²) >= 11 is 5.43. The number of aromatic nitrogens is 2. The molecule has 0 aliphatic rings. The van der Waals surface area contributed by atoms with E-state index in [1.165, 1.54) is 12.4 Å². The Kier molecular flexibility index (Phi) is 3.23. The van der Waals surface area contributed by atoms with Gasteiger partial charge < -0.3 is 5.32 Å². The number of nitrogens with zero attached hydrogens (tertiary/aromatic N) is 2. The normalized spacial score (nSPS) is 8.92. The molecule has 4 nitrogen and oxygen atoms in total. The van der Waals surface area contributed by atoms with Gasteiger partial charge in [0.05, 0.1) is 12.1 Å². The molecular formula is C8H6ClN3O. The molecule has 1 aromatic rings. The molecule has 0 radical (unpaired) electrons. The molecule has 0 atom stereocenters. The van der Waals surface area contributed by atoms with Gasteiger partial charge in [-0.3, -0.25) is 4.79 Å². The molecule has 0 aromatic carbocycles. The zero-order chi connectivity index (χ0) is 9.68. The van der Waals surface area contributed by atoms with E-state index in [4.69, 9.17) is 18.0 Å². The fraction of sp³-hybridized carbons (Fsp3) is 0.125. The maximum absolute atomic E-state index is 11.2.